The van der Waals surface area contributed by atoms with Crippen molar-refractivity contribution in [2.75, 3.05) is 18.4 Å². The smallest absolute Gasteiger partial charge is 0.228 e. The highest BCUT2D eigenvalue weighted by molar-refractivity contribution is 5.92. The van der Waals surface area contributed by atoms with Gasteiger partial charge < -0.3 is 5.32 Å². The maximum Gasteiger partial charge on any atom is 0.228 e. The molecule has 23 heavy (non-hydrogen) atoms. The molecule has 0 spiro atoms. The molecule has 0 bridgehead atoms. The lowest BCUT2D eigenvalue weighted by molar-refractivity contribution is -0.119. The fourth-order valence-corrected chi connectivity index (χ4v) is 2.90. The second-order valence-electron chi connectivity index (χ2n) is 5.88. The number of hydrogen-bond donors (Lipinski definition) is 1. The number of amides is 1. The van der Waals surface area contributed by atoms with Gasteiger partial charge in [0.05, 0.1) is 17.6 Å². The summed E-state index contributed by atoms with van der Waals surface area (Å²) in [6, 6.07) is 19.4. The Hall–Kier alpha value is -2.64. The number of likely N-dealkylation sites (tertiary alicyclic amines) is 1. The maximum atomic E-state index is 12.4. The third-order valence-corrected chi connectivity index (χ3v) is 4.17. The Kier molecular flexibility index (Phi) is 4.70. The van der Waals surface area contributed by atoms with Crippen molar-refractivity contribution >= 4 is 11.6 Å². The van der Waals surface area contributed by atoms with Crippen LogP contribution in [0.4, 0.5) is 5.69 Å². The molecule has 0 radical (unpaired) electrons. The molecular weight excluding hydrogens is 286 g/mol. The Balaban J connectivity index is 1.53. The summed E-state index contributed by atoms with van der Waals surface area (Å²) < 4.78 is 0. The lowest BCUT2D eigenvalue weighted by Crippen LogP contribution is -2.26. The molecule has 1 saturated heterocycles. The van der Waals surface area contributed by atoms with Gasteiger partial charge in [-0.05, 0) is 42.8 Å². The van der Waals surface area contributed by atoms with Gasteiger partial charge in [-0.15, -0.1) is 0 Å². The van der Waals surface area contributed by atoms with Crippen LogP contribution in [0.1, 0.15) is 17.5 Å². The molecule has 4 nitrogen and oxygen atoms in total. The van der Waals surface area contributed by atoms with E-state index in [1.807, 2.05) is 18.2 Å². The van der Waals surface area contributed by atoms with Crippen LogP contribution < -0.4 is 5.32 Å². The highest BCUT2D eigenvalue weighted by atomic mass is 16.1. The Morgan fingerprint density at radius 2 is 1.91 bits per heavy atom. The maximum absolute atomic E-state index is 12.4. The topological polar surface area (TPSA) is 56.1 Å². The van der Waals surface area contributed by atoms with Crippen molar-refractivity contribution in [3.8, 4) is 6.07 Å². The van der Waals surface area contributed by atoms with Crippen LogP contribution >= 0.6 is 0 Å². The number of anilines is 1. The highest BCUT2D eigenvalue weighted by Crippen LogP contribution is 2.20. The van der Waals surface area contributed by atoms with E-state index in [1.165, 1.54) is 5.56 Å². The Bertz CT molecular complexity index is 704. The fraction of sp³-hybridized carbons (Fsp3) is 0.263. The summed E-state index contributed by atoms with van der Waals surface area (Å²) in [4.78, 5) is 14.7. The van der Waals surface area contributed by atoms with Crippen molar-refractivity contribution < 1.29 is 4.79 Å². The first kappa shape index (κ1) is 15.3. The van der Waals surface area contributed by atoms with Gasteiger partial charge in [-0.2, -0.15) is 5.26 Å². The molecule has 1 heterocycles. The van der Waals surface area contributed by atoms with E-state index in [1.54, 1.807) is 24.3 Å². The number of carbonyl (C=O) groups excluding carboxylic acids is 1. The zero-order valence-electron chi connectivity index (χ0n) is 12.9. The molecule has 116 valence electrons. The second kappa shape index (κ2) is 7.08. The molecule has 4 heteroatoms. The molecule has 1 aliphatic rings. The first-order valence-electron chi connectivity index (χ1n) is 7.82. The molecule has 2 aromatic rings. The van der Waals surface area contributed by atoms with E-state index in [2.05, 4.69) is 28.4 Å². The van der Waals surface area contributed by atoms with Gasteiger partial charge in [0.15, 0.2) is 0 Å². The molecule has 1 amide bonds. The highest BCUT2D eigenvalue weighted by Gasteiger charge is 2.28. The predicted molar refractivity (Wildman–Crippen MR) is 89.6 cm³/mol. The van der Waals surface area contributed by atoms with E-state index < -0.39 is 0 Å². The summed E-state index contributed by atoms with van der Waals surface area (Å²) in [6.07, 6.45) is 0.884. The van der Waals surface area contributed by atoms with Crippen LogP contribution in [-0.2, 0) is 11.3 Å². The minimum atomic E-state index is 0.0226. The molecule has 1 aliphatic heterocycles. The van der Waals surface area contributed by atoms with Gasteiger partial charge in [0.2, 0.25) is 5.91 Å². The molecule has 1 fully saturated rings. The van der Waals surface area contributed by atoms with Crippen molar-refractivity contribution in [2.24, 2.45) is 5.92 Å². The monoisotopic (exact) mass is 305 g/mol. The summed E-state index contributed by atoms with van der Waals surface area (Å²) in [5, 5.41) is 11.7. The molecule has 0 aliphatic carbocycles. The Morgan fingerprint density at radius 3 is 2.61 bits per heavy atom. The number of nitrogens with zero attached hydrogens (tertiary/aromatic N) is 2. The summed E-state index contributed by atoms with van der Waals surface area (Å²) in [5.41, 5.74) is 2.62. The normalized spacial score (nSPS) is 17.6. The number of nitrogens with one attached hydrogen (secondary N) is 1. The first-order valence-corrected chi connectivity index (χ1v) is 7.82. The SMILES string of the molecule is N#Cc1ccc(NC(=O)C2CCN(Cc3ccccc3)C2)cc1. The molecular formula is C19H19N3O. The van der Waals surface area contributed by atoms with Gasteiger partial charge >= 0.3 is 0 Å². The van der Waals surface area contributed by atoms with Crippen LogP contribution in [0, 0.1) is 17.2 Å². The van der Waals surface area contributed by atoms with Gasteiger partial charge in [-0.25, -0.2) is 0 Å². The fourth-order valence-electron chi connectivity index (χ4n) is 2.90. The number of nitriles is 1. The lowest BCUT2D eigenvalue weighted by atomic mass is 10.1. The van der Waals surface area contributed by atoms with Crippen molar-refractivity contribution in [1.29, 1.82) is 5.26 Å². The van der Waals surface area contributed by atoms with Crippen LogP contribution in [0.5, 0.6) is 0 Å². The van der Waals surface area contributed by atoms with Crippen LogP contribution in [-0.4, -0.2) is 23.9 Å². The van der Waals surface area contributed by atoms with Gasteiger partial charge in [-0.1, -0.05) is 30.3 Å². The van der Waals surface area contributed by atoms with Crippen molar-refractivity contribution in [2.45, 2.75) is 13.0 Å². The number of carbonyl (C=O) groups is 1. The molecule has 0 aromatic heterocycles. The first-order chi connectivity index (χ1) is 11.2. The van der Waals surface area contributed by atoms with Crippen molar-refractivity contribution in [3.05, 3.63) is 65.7 Å². The average molecular weight is 305 g/mol. The summed E-state index contributed by atoms with van der Waals surface area (Å²) >= 11 is 0. The quantitative estimate of drug-likeness (QED) is 0.944. The minimum absolute atomic E-state index is 0.0226. The summed E-state index contributed by atoms with van der Waals surface area (Å²) in [5.74, 6) is 0.0830. The largest absolute Gasteiger partial charge is 0.326 e. The molecule has 2 aromatic carbocycles. The molecule has 1 atom stereocenters. The summed E-state index contributed by atoms with van der Waals surface area (Å²) in [6.45, 7) is 2.62. The van der Waals surface area contributed by atoms with Crippen molar-refractivity contribution in [1.82, 2.24) is 4.90 Å². The standard InChI is InChI=1S/C19H19N3O/c20-12-15-6-8-18(9-7-15)21-19(23)17-10-11-22(14-17)13-16-4-2-1-3-5-16/h1-9,17H,10-11,13-14H2,(H,21,23). The predicted octanol–water partition coefficient (Wildman–Crippen LogP) is 3.02. The van der Waals surface area contributed by atoms with E-state index in [4.69, 9.17) is 5.26 Å². The van der Waals surface area contributed by atoms with Crippen LogP contribution in [0.25, 0.3) is 0 Å². The molecule has 0 saturated carbocycles. The van der Waals surface area contributed by atoms with E-state index in [0.29, 0.717) is 5.56 Å². The van der Waals surface area contributed by atoms with Crippen LogP contribution in [0.2, 0.25) is 0 Å². The Labute approximate surface area is 136 Å². The van der Waals surface area contributed by atoms with Crippen LogP contribution in [0.15, 0.2) is 54.6 Å². The van der Waals surface area contributed by atoms with E-state index in [9.17, 15) is 4.79 Å². The number of hydrogen-bond acceptors (Lipinski definition) is 3. The van der Waals surface area contributed by atoms with Gasteiger partial charge in [0, 0.05) is 18.8 Å². The number of rotatable bonds is 4. The third-order valence-electron chi connectivity index (χ3n) is 4.17. The third kappa shape index (κ3) is 3.97. The average Bonchev–Trinajstić information content (AvgIpc) is 3.05. The molecule has 3 rings (SSSR count). The Morgan fingerprint density at radius 1 is 1.17 bits per heavy atom. The van der Waals surface area contributed by atoms with E-state index >= 15 is 0 Å². The van der Waals surface area contributed by atoms with Gasteiger partial charge in [0.1, 0.15) is 0 Å². The van der Waals surface area contributed by atoms with Gasteiger partial charge in [0.25, 0.3) is 0 Å². The zero-order valence-corrected chi connectivity index (χ0v) is 12.9. The second-order valence-corrected chi connectivity index (χ2v) is 5.88. The van der Waals surface area contributed by atoms with Crippen LogP contribution in [0.3, 0.4) is 0 Å². The number of benzene rings is 2. The summed E-state index contributed by atoms with van der Waals surface area (Å²) in [7, 11) is 0. The molecule has 1 N–H and O–H groups in total. The zero-order chi connectivity index (χ0) is 16.1. The van der Waals surface area contributed by atoms with Gasteiger partial charge in [-0.3, -0.25) is 9.69 Å². The van der Waals surface area contributed by atoms with E-state index in [-0.39, 0.29) is 11.8 Å². The van der Waals surface area contributed by atoms with E-state index in [0.717, 1.165) is 31.7 Å². The minimum Gasteiger partial charge on any atom is -0.326 e. The molecule has 1 unspecified atom stereocenters. The van der Waals surface area contributed by atoms with Crippen molar-refractivity contribution in [3.63, 3.8) is 0 Å². The lowest BCUT2D eigenvalue weighted by Gasteiger charge is -2.16.